The van der Waals surface area contributed by atoms with Crippen molar-refractivity contribution in [1.82, 2.24) is 5.32 Å². The molecule has 0 aliphatic carbocycles. The Labute approximate surface area is 149 Å². The molecular formula is C21H26N2O2. The Morgan fingerprint density at radius 3 is 2.36 bits per heavy atom. The molecule has 0 unspecified atom stereocenters. The molecule has 0 saturated carbocycles. The van der Waals surface area contributed by atoms with Gasteiger partial charge in [0, 0.05) is 11.3 Å². The van der Waals surface area contributed by atoms with Gasteiger partial charge in [-0.2, -0.15) is 0 Å². The molecule has 2 rings (SSSR count). The molecule has 25 heavy (non-hydrogen) atoms. The van der Waals surface area contributed by atoms with Crippen molar-refractivity contribution in [3.05, 3.63) is 65.2 Å². The Bertz CT molecular complexity index is 753. The fraction of sp³-hybridized carbons (Fsp3) is 0.333. The monoisotopic (exact) mass is 338 g/mol. The highest BCUT2D eigenvalue weighted by Crippen LogP contribution is 2.14. The van der Waals surface area contributed by atoms with Crippen molar-refractivity contribution in [3.8, 4) is 0 Å². The number of hydrogen-bond acceptors (Lipinski definition) is 2. The predicted octanol–water partition coefficient (Wildman–Crippen LogP) is 4.09. The number of nitrogens with one attached hydrogen (secondary N) is 2. The summed E-state index contributed by atoms with van der Waals surface area (Å²) >= 11 is 0. The number of hydrogen-bond donors (Lipinski definition) is 2. The highest BCUT2D eigenvalue weighted by Gasteiger charge is 2.23. The lowest BCUT2D eigenvalue weighted by Crippen LogP contribution is -2.44. The van der Waals surface area contributed by atoms with Gasteiger partial charge in [0.05, 0.1) is 0 Å². The molecule has 4 heteroatoms. The van der Waals surface area contributed by atoms with E-state index >= 15 is 0 Å². The Hall–Kier alpha value is -2.62. The van der Waals surface area contributed by atoms with Crippen molar-refractivity contribution in [3.63, 3.8) is 0 Å². The summed E-state index contributed by atoms with van der Waals surface area (Å²) in [5.74, 6) is -0.130. The van der Waals surface area contributed by atoms with E-state index in [0.717, 1.165) is 16.8 Å². The highest BCUT2D eigenvalue weighted by molar-refractivity contribution is 6.01. The first-order chi connectivity index (χ1) is 11.9. The van der Waals surface area contributed by atoms with Gasteiger partial charge in [0.2, 0.25) is 5.91 Å². The molecule has 0 aliphatic heterocycles. The summed E-state index contributed by atoms with van der Waals surface area (Å²) < 4.78 is 0. The minimum absolute atomic E-state index is 0.193. The lowest BCUT2D eigenvalue weighted by molar-refractivity contribution is -0.118. The Morgan fingerprint density at radius 1 is 1.00 bits per heavy atom. The molecule has 2 N–H and O–H groups in total. The largest absolute Gasteiger partial charge is 0.340 e. The van der Waals surface area contributed by atoms with Crippen LogP contribution in [0.5, 0.6) is 0 Å². The van der Waals surface area contributed by atoms with Gasteiger partial charge in [-0.1, -0.05) is 44.2 Å². The first kappa shape index (κ1) is 18.7. The molecule has 132 valence electrons. The fourth-order valence-electron chi connectivity index (χ4n) is 2.72. The third-order valence-electron chi connectivity index (χ3n) is 4.00. The molecular weight excluding hydrogens is 312 g/mol. The molecule has 0 aliphatic rings. The topological polar surface area (TPSA) is 58.2 Å². The molecule has 0 saturated heterocycles. The van der Waals surface area contributed by atoms with Crippen LogP contribution in [0.4, 0.5) is 5.69 Å². The molecule has 4 nitrogen and oxygen atoms in total. The van der Waals surface area contributed by atoms with E-state index in [-0.39, 0.29) is 17.7 Å². The van der Waals surface area contributed by atoms with E-state index < -0.39 is 6.04 Å². The predicted molar refractivity (Wildman–Crippen MR) is 102 cm³/mol. The number of anilines is 1. The highest BCUT2D eigenvalue weighted by atomic mass is 16.2. The van der Waals surface area contributed by atoms with Crippen molar-refractivity contribution in [2.45, 2.75) is 40.2 Å². The van der Waals surface area contributed by atoms with Crippen LogP contribution in [0.25, 0.3) is 0 Å². The van der Waals surface area contributed by atoms with E-state index in [0.29, 0.717) is 12.0 Å². The van der Waals surface area contributed by atoms with Crippen molar-refractivity contribution < 1.29 is 9.59 Å². The lowest BCUT2D eigenvalue weighted by Gasteiger charge is -2.21. The molecule has 0 radical (unpaired) electrons. The van der Waals surface area contributed by atoms with Crippen LogP contribution in [0.1, 0.15) is 41.8 Å². The van der Waals surface area contributed by atoms with Crippen LogP contribution in [-0.2, 0) is 4.79 Å². The van der Waals surface area contributed by atoms with Crippen LogP contribution >= 0.6 is 0 Å². The molecule has 0 spiro atoms. The number of amides is 2. The summed E-state index contributed by atoms with van der Waals surface area (Å²) in [6, 6.07) is 14.4. The van der Waals surface area contributed by atoms with Crippen molar-refractivity contribution >= 4 is 17.5 Å². The maximum atomic E-state index is 12.7. The van der Waals surface area contributed by atoms with E-state index in [1.165, 1.54) is 0 Å². The van der Waals surface area contributed by atoms with Gasteiger partial charge >= 0.3 is 0 Å². The molecule has 2 aromatic rings. The Balaban J connectivity index is 2.13. The number of carbonyl (C=O) groups is 2. The van der Waals surface area contributed by atoms with Gasteiger partial charge in [-0.25, -0.2) is 0 Å². The van der Waals surface area contributed by atoms with Crippen LogP contribution in [0.15, 0.2) is 48.5 Å². The smallest absolute Gasteiger partial charge is 0.252 e. The number of benzene rings is 2. The average molecular weight is 338 g/mol. The van der Waals surface area contributed by atoms with E-state index in [9.17, 15) is 9.59 Å². The van der Waals surface area contributed by atoms with Gasteiger partial charge in [-0.15, -0.1) is 0 Å². The number of carbonyl (C=O) groups excluding carboxylic acids is 2. The van der Waals surface area contributed by atoms with E-state index in [4.69, 9.17) is 0 Å². The SMILES string of the molecule is Cc1cccc(NC(=O)[C@H](CC(C)C)NC(=O)c2ccccc2C)c1. The lowest BCUT2D eigenvalue weighted by atomic mass is 10.0. The van der Waals surface area contributed by atoms with Crippen LogP contribution in [-0.4, -0.2) is 17.9 Å². The number of rotatable bonds is 6. The van der Waals surface area contributed by atoms with Gasteiger partial charge in [0.25, 0.3) is 5.91 Å². The fourth-order valence-corrected chi connectivity index (χ4v) is 2.72. The molecule has 0 aromatic heterocycles. The summed E-state index contributed by atoms with van der Waals surface area (Å²) in [6.07, 6.45) is 0.579. The van der Waals surface area contributed by atoms with E-state index in [1.54, 1.807) is 6.07 Å². The summed E-state index contributed by atoms with van der Waals surface area (Å²) in [4.78, 5) is 25.3. The summed E-state index contributed by atoms with van der Waals surface area (Å²) in [5, 5.41) is 5.80. The van der Waals surface area contributed by atoms with Gasteiger partial charge in [-0.3, -0.25) is 9.59 Å². The normalized spacial score (nSPS) is 11.9. The first-order valence-electron chi connectivity index (χ1n) is 8.61. The zero-order chi connectivity index (χ0) is 18.4. The van der Waals surface area contributed by atoms with Gasteiger partial charge in [0.1, 0.15) is 6.04 Å². The van der Waals surface area contributed by atoms with Crippen LogP contribution in [0, 0.1) is 19.8 Å². The second kappa shape index (κ2) is 8.47. The van der Waals surface area contributed by atoms with E-state index in [1.807, 2.05) is 70.2 Å². The van der Waals surface area contributed by atoms with Crippen LogP contribution in [0.2, 0.25) is 0 Å². The zero-order valence-electron chi connectivity index (χ0n) is 15.3. The van der Waals surface area contributed by atoms with Crippen molar-refractivity contribution in [2.24, 2.45) is 5.92 Å². The van der Waals surface area contributed by atoms with Crippen LogP contribution < -0.4 is 10.6 Å². The third-order valence-corrected chi connectivity index (χ3v) is 4.00. The maximum Gasteiger partial charge on any atom is 0.252 e. The standard InChI is InChI=1S/C21H26N2O2/c1-14(2)12-19(21(25)22-17-10-7-8-15(3)13-17)23-20(24)18-11-6-5-9-16(18)4/h5-11,13-14,19H,12H2,1-4H3,(H,22,25)(H,23,24)/t19-/m0/s1. The first-order valence-corrected chi connectivity index (χ1v) is 8.61. The van der Waals surface area contributed by atoms with Crippen molar-refractivity contribution in [1.29, 1.82) is 0 Å². The molecule has 0 heterocycles. The summed E-state index contributed by atoms with van der Waals surface area (Å²) in [6.45, 7) is 7.93. The second-order valence-electron chi connectivity index (χ2n) is 6.83. The van der Waals surface area contributed by atoms with E-state index in [2.05, 4.69) is 10.6 Å². The Kier molecular flexibility index (Phi) is 6.34. The Morgan fingerprint density at radius 2 is 1.72 bits per heavy atom. The third kappa shape index (κ3) is 5.45. The maximum absolute atomic E-state index is 12.7. The molecule has 2 aromatic carbocycles. The minimum Gasteiger partial charge on any atom is -0.340 e. The number of aryl methyl sites for hydroxylation is 2. The molecule has 1 atom stereocenters. The molecule has 0 fully saturated rings. The zero-order valence-corrected chi connectivity index (χ0v) is 15.3. The minimum atomic E-state index is -0.576. The summed E-state index contributed by atoms with van der Waals surface area (Å²) in [7, 11) is 0. The molecule has 0 bridgehead atoms. The van der Waals surface area contributed by atoms with Crippen LogP contribution in [0.3, 0.4) is 0 Å². The summed E-state index contributed by atoms with van der Waals surface area (Å²) in [5.41, 5.74) is 3.30. The van der Waals surface area contributed by atoms with Gasteiger partial charge in [0.15, 0.2) is 0 Å². The van der Waals surface area contributed by atoms with Gasteiger partial charge < -0.3 is 10.6 Å². The van der Waals surface area contributed by atoms with Gasteiger partial charge in [-0.05, 0) is 55.5 Å². The molecule has 2 amide bonds. The average Bonchev–Trinajstić information content (AvgIpc) is 2.54. The second-order valence-corrected chi connectivity index (χ2v) is 6.83. The van der Waals surface area contributed by atoms with Crippen molar-refractivity contribution in [2.75, 3.05) is 5.32 Å². The quantitative estimate of drug-likeness (QED) is 0.833.